The molecule has 0 aromatic rings. The maximum atomic E-state index is 11.3. The van der Waals surface area contributed by atoms with Gasteiger partial charge in [0.1, 0.15) is 0 Å². The molecule has 0 saturated carbocycles. The maximum Gasteiger partial charge on any atom is 0.214 e. The van der Waals surface area contributed by atoms with Gasteiger partial charge in [-0.05, 0) is 26.3 Å². The van der Waals surface area contributed by atoms with Crippen LogP contribution in [0.1, 0.15) is 20.8 Å². The molecule has 1 fully saturated rings. The van der Waals surface area contributed by atoms with Crippen molar-refractivity contribution in [2.45, 2.75) is 30.1 Å². The van der Waals surface area contributed by atoms with Gasteiger partial charge >= 0.3 is 0 Å². The quantitative estimate of drug-likeness (QED) is 0.712. The zero-order valence-electron chi connectivity index (χ0n) is 8.83. The summed E-state index contributed by atoms with van der Waals surface area (Å²) >= 11 is 5.38. The lowest BCUT2D eigenvalue weighted by molar-refractivity contribution is -0.107. The van der Waals surface area contributed by atoms with E-state index < -0.39 is 0 Å². The molecule has 1 heterocycles. The summed E-state index contributed by atoms with van der Waals surface area (Å²) in [5, 5.41) is 0.753. The van der Waals surface area contributed by atoms with E-state index in [1.165, 1.54) is 11.8 Å². The Balaban J connectivity index is 2.27. The van der Waals surface area contributed by atoms with Gasteiger partial charge in [0.15, 0.2) is 0 Å². The van der Waals surface area contributed by atoms with Crippen molar-refractivity contribution >= 4 is 40.4 Å². The molecule has 0 bridgehead atoms. The molecule has 0 amide bonds. The molecule has 1 aliphatic heterocycles. The van der Waals surface area contributed by atoms with Gasteiger partial charge in [-0.15, -0.1) is 23.5 Å². The average molecular weight is 248 g/mol. The van der Waals surface area contributed by atoms with E-state index in [4.69, 9.17) is 0 Å². The van der Waals surface area contributed by atoms with E-state index in [0.717, 1.165) is 11.5 Å². The molecule has 1 saturated heterocycles. The van der Waals surface area contributed by atoms with Crippen LogP contribution in [0.3, 0.4) is 0 Å². The monoisotopic (exact) mass is 248 g/mol. The maximum absolute atomic E-state index is 11.3. The summed E-state index contributed by atoms with van der Waals surface area (Å²) in [4.78, 5) is 11.3. The molecule has 0 N–H and O–H groups in total. The fraction of sp³-hybridized carbons (Fsp3) is 0.700. The van der Waals surface area contributed by atoms with E-state index in [-0.39, 0.29) is 5.12 Å². The Morgan fingerprint density at radius 3 is 2.71 bits per heavy atom. The van der Waals surface area contributed by atoms with Crippen LogP contribution >= 0.6 is 35.3 Å². The summed E-state index contributed by atoms with van der Waals surface area (Å²) in [6.07, 6.45) is 0. The fourth-order valence-corrected chi connectivity index (χ4v) is 5.33. The van der Waals surface area contributed by atoms with Crippen LogP contribution in [-0.4, -0.2) is 25.9 Å². The zero-order chi connectivity index (χ0) is 10.8. The van der Waals surface area contributed by atoms with Crippen molar-refractivity contribution in [2.24, 2.45) is 0 Å². The molecule has 0 spiro atoms. The molecule has 1 rings (SSSR count). The second kappa shape index (κ2) is 4.99. The number of carbonyl (C=O) groups is 1. The highest BCUT2D eigenvalue weighted by Crippen LogP contribution is 2.48. The van der Waals surface area contributed by atoms with Crippen LogP contribution < -0.4 is 0 Å². The van der Waals surface area contributed by atoms with Crippen LogP contribution in [0.4, 0.5) is 0 Å². The van der Waals surface area contributed by atoms with Crippen LogP contribution in [0.5, 0.6) is 0 Å². The van der Waals surface area contributed by atoms with Crippen LogP contribution in [0, 0.1) is 0 Å². The minimum absolute atomic E-state index is 0.139. The van der Waals surface area contributed by atoms with E-state index in [9.17, 15) is 4.79 Å². The largest absolute Gasteiger partial charge is 0.282 e. The number of hydrogen-bond acceptors (Lipinski definition) is 4. The van der Waals surface area contributed by atoms with E-state index >= 15 is 0 Å². The van der Waals surface area contributed by atoms with E-state index in [2.05, 4.69) is 20.4 Å². The lowest BCUT2D eigenvalue weighted by Crippen LogP contribution is -2.09. The van der Waals surface area contributed by atoms with Gasteiger partial charge in [-0.2, -0.15) is 0 Å². The van der Waals surface area contributed by atoms with Crippen LogP contribution in [-0.2, 0) is 4.79 Å². The highest BCUT2D eigenvalue weighted by atomic mass is 32.2. The standard InChI is InChI=1S/C10H16OS3/c1-7(2)9(11)12-5-8-6-13-10(3,4)14-8/h8H,1,5-6H2,2-4H3. The summed E-state index contributed by atoms with van der Waals surface area (Å²) in [5.74, 6) is 2.08. The van der Waals surface area contributed by atoms with Gasteiger partial charge in [0, 0.05) is 16.8 Å². The first-order valence-electron chi connectivity index (χ1n) is 4.55. The Labute approximate surface area is 98.9 Å². The van der Waals surface area contributed by atoms with Crippen molar-refractivity contribution in [1.82, 2.24) is 0 Å². The second-order valence-electron chi connectivity index (χ2n) is 3.83. The summed E-state index contributed by atoms with van der Waals surface area (Å²) in [6.45, 7) is 9.91. The van der Waals surface area contributed by atoms with Gasteiger partial charge in [0.05, 0.1) is 4.08 Å². The van der Waals surface area contributed by atoms with E-state index in [1.54, 1.807) is 6.92 Å². The minimum atomic E-state index is 0.139. The molecular formula is C10H16OS3. The van der Waals surface area contributed by atoms with Gasteiger partial charge in [-0.3, -0.25) is 4.79 Å². The number of carbonyl (C=O) groups excluding carboxylic acids is 1. The second-order valence-corrected chi connectivity index (χ2v) is 8.65. The minimum Gasteiger partial charge on any atom is -0.282 e. The third-order valence-electron chi connectivity index (χ3n) is 1.82. The summed E-state index contributed by atoms with van der Waals surface area (Å²) in [5.41, 5.74) is 0.657. The first kappa shape index (κ1) is 12.5. The van der Waals surface area contributed by atoms with Gasteiger partial charge in [0.25, 0.3) is 0 Å². The van der Waals surface area contributed by atoms with Crippen molar-refractivity contribution < 1.29 is 4.79 Å². The predicted octanol–water partition coefficient (Wildman–Crippen LogP) is 3.41. The predicted molar refractivity (Wildman–Crippen MR) is 70.2 cm³/mol. The molecule has 14 heavy (non-hydrogen) atoms. The normalized spacial score (nSPS) is 24.9. The van der Waals surface area contributed by atoms with Crippen LogP contribution in [0.2, 0.25) is 0 Å². The van der Waals surface area contributed by atoms with Crippen LogP contribution in [0.25, 0.3) is 0 Å². The highest BCUT2D eigenvalue weighted by Gasteiger charge is 2.32. The molecule has 80 valence electrons. The number of thioether (sulfide) groups is 3. The summed E-state index contributed by atoms with van der Waals surface area (Å²) in [7, 11) is 0. The lowest BCUT2D eigenvalue weighted by Gasteiger charge is -2.15. The Bertz CT molecular complexity index is 248. The Kier molecular flexibility index (Phi) is 4.47. The van der Waals surface area contributed by atoms with Gasteiger partial charge in [-0.25, -0.2) is 0 Å². The topological polar surface area (TPSA) is 17.1 Å². The van der Waals surface area contributed by atoms with E-state index in [1.807, 2.05) is 23.5 Å². The van der Waals surface area contributed by atoms with Crippen molar-refractivity contribution in [2.75, 3.05) is 11.5 Å². The smallest absolute Gasteiger partial charge is 0.214 e. The SMILES string of the molecule is C=C(C)C(=O)SCC1CSC(C)(C)S1. The third kappa shape index (κ3) is 3.91. The average Bonchev–Trinajstić information content (AvgIpc) is 2.41. The fourth-order valence-electron chi connectivity index (χ4n) is 1.14. The van der Waals surface area contributed by atoms with Crippen molar-refractivity contribution in [3.8, 4) is 0 Å². The molecule has 4 heteroatoms. The van der Waals surface area contributed by atoms with Crippen LogP contribution in [0.15, 0.2) is 12.2 Å². The van der Waals surface area contributed by atoms with Gasteiger partial charge in [-0.1, -0.05) is 18.3 Å². The van der Waals surface area contributed by atoms with Gasteiger partial charge < -0.3 is 0 Å². The first-order chi connectivity index (χ1) is 6.41. The Morgan fingerprint density at radius 2 is 2.29 bits per heavy atom. The molecule has 1 nitrogen and oxygen atoms in total. The Hall–Kier alpha value is 0.460. The van der Waals surface area contributed by atoms with Crippen molar-refractivity contribution in [3.05, 3.63) is 12.2 Å². The van der Waals surface area contributed by atoms with Crippen molar-refractivity contribution in [1.29, 1.82) is 0 Å². The van der Waals surface area contributed by atoms with E-state index in [0.29, 0.717) is 14.9 Å². The third-order valence-corrected chi connectivity index (χ3v) is 6.56. The number of rotatable bonds is 3. The molecule has 0 radical (unpaired) electrons. The van der Waals surface area contributed by atoms with Gasteiger partial charge in [0.2, 0.25) is 5.12 Å². The first-order valence-corrected chi connectivity index (χ1v) is 7.40. The molecule has 0 aromatic carbocycles. The summed E-state index contributed by atoms with van der Waals surface area (Å²) < 4.78 is 0.331. The zero-order valence-corrected chi connectivity index (χ0v) is 11.3. The molecular weight excluding hydrogens is 232 g/mol. The molecule has 1 atom stereocenters. The Morgan fingerprint density at radius 1 is 1.64 bits per heavy atom. The highest BCUT2D eigenvalue weighted by molar-refractivity contribution is 8.22. The number of hydrogen-bond donors (Lipinski definition) is 0. The summed E-state index contributed by atoms with van der Waals surface area (Å²) in [6, 6.07) is 0. The molecule has 0 aromatic heterocycles. The van der Waals surface area contributed by atoms with Crippen molar-refractivity contribution in [3.63, 3.8) is 0 Å². The lowest BCUT2D eigenvalue weighted by atomic mass is 10.4. The molecule has 1 aliphatic rings. The molecule has 1 unspecified atom stereocenters. The molecule has 0 aliphatic carbocycles.